The van der Waals surface area contributed by atoms with Crippen molar-refractivity contribution in [3.05, 3.63) is 48.0 Å². The van der Waals surface area contributed by atoms with E-state index in [9.17, 15) is 0 Å². The van der Waals surface area contributed by atoms with Gasteiger partial charge in [0.05, 0.1) is 0 Å². The van der Waals surface area contributed by atoms with Crippen LogP contribution in [0.25, 0.3) is 10.8 Å². The summed E-state index contributed by atoms with van der Waals surface area (Å²) in [6.07, 6.45) is 0. The fraction of sp³-hybridized carbons (Fsp3) is 0.167. The van der Waals surface area contributed by atoms with Gasteiger partial charge in [0, 0.05) is 5.75 Å². The summed E-state index contributed by atoms with van der Waals surface area (Å²) < 4.78 is 3.99. The maximum atomic E-state index is 4.24. The lowest BCUT2D eigenvalue weighted by molar-refractivity contribution is 0.823. The first-order valence-electron chi connectivity index (χ1n) is 4.95. The van der Waals surface area contributed by atoms with Gasteiger partial charge in [0.25, 0.3) is 0 Å². The van der Waals surface area contributed by atoms with E-state index in [-0.39, 0.29) is 6.04 Å². The van der Waals surface area contributed by atoms with E-state index in [2.05, 4.69) is 52.1 Å². The van der Waals surface area contributed by atoms with Crippen molar-refractivity contribution >= 4 is 22.7 Å². The van der Waals surface area contributed by atoms with Crippen LogP contribution in [0.2, 0.25) is 0 Å². The molecule has 1 atom stereocenters. The number of nitrogens with zero attached hydrogens (tertiary/aromatic N) is 2. The van der Waals surface area contributed by atoms with Crippen LogP contribution in [0.3, 0.4) is 0 Å². The predicted molar refractivity (Wildman–Crippen MR) is 64.0 cm³/mol. The van der Waals surface area contributed by atoms with Gasteiger partial charge in [0.1, 0.15) is 6.04 Å². The molecule has 3 heteroatoms. The van der Waals surface area contributed by atoms with Crippen molar-refractivity contribution in [2.45, 2.75) is 6.04 Å². The number of hydrogen-bond acceptors (Lipinski definition) is 3. The first-order valence-corrected chi connectivity index (χ1v) is 5.89. The van der Waals surface area contributed by atoms with Crippen LogP contribution in [-0.4, -0.2) is 5.75 Å². The van der Waals surface area contributed by atoms with Crippen LogP contribution in [0.15, 0.2) is 52.1 Å². The molecule has 0 N–H and O–H groups in total. The third-order valence-electron chi connectivity index (χ3n) is 2.66. The van der Waals surface area contributed by atoms with Gasteiger partial charge in [-0.1, -0.05) is 42.5 Å². The minimum absolute atomic E-state index is 0.237. The summed E-state index contributed by atoms with van der Waals surface area (Å²) in [5.41, 5.74) is 1.29. The molecule has 0 bridgehead atoms. The van der Waals surface area contributed by atoms with Crippen LogP contribution in [0.4, 0.5) is 0 Å². The SMILES string of the molecule is c1ccc2c(C3CSN=N3)cccc2c1. The van der Waals surface area contributed by atoms with Crippen molar-refractivity contribution in [2.24, 2.45) is 9.63 Å². The Bertz CT molecular complexity index is 517. The van der Waals surface area contributed by atoms with E-state index in [4.69, 9.17) is 0 Å². The molecule has 0 amide bonds. The van der Waals surface area contributed by atoms with Gasteiger partial charge in [0.15, 0.2) is 0 Å². The molecule has 0 aliphatic carbocycles. The topological polar surface area (TPSA) is 24.7 Å². The number of hydrogen-bond donors (Lipinski definition) is 0. The third kappa shape index (κ3) is 1.53. The molecule has 2 aromatic carbocycles. The van der Waals surface area contributed by atoms with Crippen LogP contribution < -0.4 is 0 Å². The van der Waals surface area contributed by atoms with Crippen molar-refractivity contribution < 1.29 is 0 Å². The Morgan fingerprint density at radius 3 is 2.80 bits per heavy atom. The molecule has 0 fully saturated rings. The molecule has 0 spiro atoms. The molecular weight excluding hydrogens is 204 g/mol. The summed E-state index contributed by atoms with van der Waals surface area (Å²) in [6, 6.07) is 15.1. The van der Waals surface area contributed by atoms with Crippen molar-refractivity contribution in [1.29, 1.82) is 0 Å². The highest BCUT2D eigenvalue weighted by Gasteiger charge is 2.17. The van der Waals surface area contributed by atoms with Crippen molar-refractivity contribution in [1.82, 2.24) is 0 Å². The van der Waals surface area contributed by atoms with Gasteiger partial charge in [-0.3, -0.25) is 0 Å². The second kappa shape index (κ2) is 3.66. The monoisotopic (exact) mass is 214 g/mol. The Morgan fingerprint density at radius 1 is 1.07 bits per heavy atom. The number of benzene rings is 2. The molecule has 1 heterocycles. The van der Waals surface area contributed by atoms with Crippen LogP contribution in [0.1, 0.15) is 11.6 Å². The van der Waals surface area contributed by atoms with Gasteiger partial charge < -0.3 is 0 Å². The van der Waals surface area contributed by atoms with Crippen molar-refractivity contribution in [3.63, 3.8) is 0 Å². The minimum Gasteiger partial charge on any atom is -0.173 e. The molecule has 1 unspecified atom stereocenters. The van der Waals surface area contributed by atoms with Gasteiger partial charge in [-0.15, -0.1) is 4.52 Å². The molecule has 1 aliphatic heterocycles. The Balaban J connectivity index is 2.21. The molecule has 74 valence electrons. The molecule has 0 saturated heterocycles. The average molecular weight is 214 g/mol. The maximum Gasteiger partial charge on any atom is 0.108 e. The van der Waals surface area contributed by atoms with E-state index >= 15 is 0 Å². The van der Waals surface area contributed by atoms with E-state index in [1.54, 1.807) is 11.9 Å². The van der Waals surface area contributed by atoms with Gasteiger partial charge in [-0.05, 0) is 28.3 Å². The van der Waals surface area contributed by atoms with Gasteiger partial charge in [-0.25, -0.2) is 0 Å². The van der Waals surface area contributed by atoms with Gasteiger partial charge in [0.2, 0.25) is 0 Å². The lowest BCUT2D eigenvalue weighted by Crippen LogP contribution is -1.95. The first kappa shape index (κ1) is 8.92. The van der Waals surface area contributed by atoms with Crippen LogP contribution in [0.5, 0.6) is 0 Å². The van der Waals surface area contributed by atoms with E-state index < -0.39 is 0 Å². The first-order chi connectivity index (χ1) is 7.45. The molecule has 0 aromatic heterocycles. The normalized spacial score (nSPS) is 19.9. The van der Waals surface area contributed by atoms with Crippen molar-refractivity contribution in [2.75, 3.05) is 5.75 Å². The molecule has 0 radical (unpaired) electrons. The molecule has 0 saturated carbocycles. The zero-order valence-corrected chi connectivity index (χ0v) is 8.95. The zero-order valence-electron chi connectivity index (χ0n) is 8.13. The van der Waals surface area contributed by atoms with Gasteiger partial charge >= 0.3 is 0 Å². The Labute approximate surface area is 92.5 Å². The van der Waals surface area contributed by atoms with Crippen LogP contribution >= 0.6 is 11.9 Å². The highest BCUT2D eigenvalue weighted by Crippen LogP contribution is 2.34. The molecule has 15 heavy (non-hydrogen) atoms. The predicted octanol–water partition coefficient (Wildman–Crippen LogP) is 3.99. The summed E-state index contributed by atoms with van der Waals surface area (Å²) in [4.78, 5) is 0. The standard InChI is InChI=1S/C12H10N2S/c1-2-6-10-9(4-1)5-3-7-11(10)12-8-15-14-13-12/h1-7,12H,8H2. The quantitative estimate of drug-likeness (QED) is 0.658. The summed E-state index contributed by atoms with van der Waals surface area (Å²) in [5.74, 6) is 0.966. The molecule has 2 nitrogen and oxygen atoms in total. The molecule has 3 rings (SSSR count). The Kier molecular flexibility index (Phi) is 2.18. The molecular formula is C12H10N2S. The maximum absolute atomic E-state index is 4.24. The zero-order chi connectivity index (χ0) is 10.1. The highest BCUT2D eigenvalue weighted by molar-refractivity contribution is 7.98. The van der Waals surface area contributed by atoms with Crippen molar-refractivity contribution in [3.8, 4) is 0 Å². The summed E-state index contributed by atoms with van der Waals surface area (Å²) >= 11 is 1.54. The number of fused-ring (bicyclic) bond motifs is 1. The Morgan fingerprint density at radius 2 is 1.93 bits per heavy atom. The smallest absolute Gasteiger partial charge is 0.108 e. The Hall–Kier alpha value is -1.35. The summed E-state index contributed by atoms with van der Waals surface area (Å²) in [5, 5.41) is 6.82. The highest BCUT2D eigenvalue weighted by atomic mass is 32.2. The second-order valence-electron chi connectivity index (χ2n) is 3.58. The fourth-order valence-electron chi connectivity index (χ4n) is 1.92. The van der Waals surface area contributed by atoms with E-state index in [0.29, 0.717) is 0 Å². The van der Waals surface area contributed by atoms with Crippen LogP contribution in [-0.2, 0) is 0 Å². The lowest BCUT2D eigenvalue weighted by atomic mass is 10.0. The van der Waals surface area contributed by atoms with Crippen LogP contribution in [0, 0.1) is 0 Å². The van der Waals surface area contributed by atoms with Gasteiger partial charge in [-0.2, -0.15) is 5.11 Å². The van der Waals surface area contributed by atoms with E-state index in [0.717, 1.165) is 5.75 Å². The third-order valence-corrected chi connectivity index (χ3v) is 3.33. The lowest BCUT2D eigenvalue weighted by Gasteiger charge is -2.08. The summed E-state index contributed by atoms with van der Waals surface area (Å²) in [6.45, 7) is 0. The summed E-state index contributed by atoms with van der Waals surface area (Å²) in [7, 11) is 0. The van der Waals surface area contributed by atoms with E-state index in [1.807, 2.05) is 0 Å². The molecule has 2 aromatic rings. The second-order valence-corrected chi connectivity index (χ2v) is 4.33. The fourth-order valence-corrected chi connectivity index (χ4v) is 2.56. The largest absolute Gasteiger partial charge is 0.173 e. The molecule has 1 aliphatic rings. The number of rotatable bonds is 1. The van der Waals surface area contributed by atoms with E-state index in [1.165, 1.54) is 16.3 Å². The minimum atomic E-state index is 0.237. The average Bonchev–Trinajstić information content (AvgIpc) is 2.82.